The number of hydrogen-bond donors (Lipinski definition) is 0. The topological polar surface area (TPSA) is 45.8 Å². The lowest BCUT2D eigenvalue weighted by Crippen LogP contribution is -2.30. The van der Waals surface area contributed by atoms with Crippen LogP contribution in [0.25, 0.3) is 6.08 Å². The van der Waals surface area contributed by atoms with Gasteiger partial charge in [-0.1, -0.05) is 42.1 Å². The summed E-state index contributed by atoms with van der Waals surface area (Å²) in [5.74, 6) is 1.48. The van der Waals surface area contributed by atoms with Crippen LogP contribution in [0, 0.1) is 0 Å². The second kappa shape index (κ2) is 7.33. The van der Waals surface area contributed by atoms with Crippen LogP contribution >= 0.6 is 11.8 Å². The highest BCUT2D eigenvalue weighted by Gasteiger charge is 2.24. The molecule has 1 fully saturated rings. The number of rotatable bonds is 4. The number of nitrogens with zero attached hydrogens (tertiary/aromatic N) is 2. The van der Waals surface area contributed by atoms with E-state index in [9.17, 15) is 4.79 Å². The molecule has 0 spiro atoms. The first-order chi connectivity index (χ1) is 11.2. The van der Waals surface area contributed by atoms with Crippen LogP contribution in [0.5, 0.6) is 0 Å². The lowest BCUT2D eigenvalue weighted by molar-refractivity contribution is -0.121. The normalized spacial score (nSPS) is 18.0. The van der Waals surface area contributed by atoms with Crippen LogP contribution in [0.3, 0.4) is 0 Å². The molecule has 3 rings (SSSR count). The molecule has 0 saturated carbocycles. The predicted octanol–water partition coefficient (Wildman–Crippen LogP) is 3.99. The Bertz CT molecular complexity index is 708. The Kier molecular flexibility index (Phi) is 4.98. The van der Waals surface area contributed by atoms with Crippen molar-refractivity contribution in [1.82, 2.24) is 4.90 Å². The molecular formula is C18H18N2O2S. The summed E-state index contributed by atoms with van der Waals surface area (Å²) < 4.78 is 5.20. The van der Waals surface area contributed by atoms with E-state index in [1.807, 2.05) is 31.2 Å². The highest BCUT2D eigenvalue weighted by Crippen LogP contribution is 2.24. The second-order valence-corrected chi connectivity index (χ2v) is 6.25. The molecule has 1 atom stereocenters. The summed E-state index contributed by atoms with van der Waals surface area (Å²) in [6, 6.07) is 13.7. The summed E-state index contributed by atoms with van der Waals surface area (Å²) in [5.41, 5.74) is 1.14. The second-order valence-electron chi connectivity index (χ2n) is 5.19. The molecule has 0 bridgehead atoms. The third-order valence-corrected chi connectivity index (χ3v) is 4.53. The van der Waals surface area contributed by atoms with Crippen LogP contribution in [0.1, 0.15) is 24.3 Å². The molecule has 1 aliphatic rings. The molecule has 1 amide bonds. The summed E-state index contributed by atoms with van der Waals surface area (Å²) in [7, 11) is 0. The zero-order valence-electron chi connectivity index (χ0n) is 12.9. The molecule has 118 valence electrons. The molecule has 1 saturated heterocycles. The van der Waals surface area contributed by atoms with Gasteiger partial charge in [-0.3, -0.25) is 14.7 Å². The number of amidine groups is 1. The number of carbonyl (C=O) groups excluding carboxylic acids is 1. The van der Waals surface area contributed by atoms with Gasteiger partial charge in [-0.2, -0.15) is 0 Å². The molecular weight excluding hydrogens is 308 g/mol. The van der Waals surface area contributed by atoms with E-state index in [0.717, 1.165) is 16.5 Å². The summed E-state index contributed by atoms with van der Waals surface area (Å²) in [6.07, 6.45) is 4.81. The number of furan rings is 1. The Hall–Kier alpha value is -2.27. The van der Waals surface area contributed by atoms with Gasteiger partial charge >= 0.3 is 0 Å². The Morgan fingerprint density at radius 2 is 2.13 bits per heavy atom. The molecule has 0 N–H and O–H groups in total. The first-order valence-electron chi connectivity index (χ1n) is 7.52. The minimum atomic E-state index is -0.0644. The van der Waals surface area contributed by atoms with Crippen LogP contribution in [-0.4, -0.2) is 28.3 Å². The minimum Gasteiger partial charge on any atom is -0.465 e. The lowest BCUT2D eigenvalue weighted by atomic mass is 10.1. The fraction of sp³-hybridized carbons (Fsp3) is 0.222. The van der Waals surface area contributed by atoms with E-state index in [-0.39, 0.29) is 11.9 Å². The molecule has 0 radical (unpaired) electrons. The summed E-state index contributed by atoms with van der Waals surface area (Å²) in [4.78, 5) is 18.8. The first-order valence-corrected chi connectivity index (χ1v) is 8.51. The molecule has 2 aromatic rings. The SMILES string of the molecule is C[C@H](N=C1SCCN1C(=O)/C=C/c1ccco1)c1ccccc1. The lowest BCUT2D eigenvalue weighted by Gasteiger charge is -2.15. The van der Waals surface area contributed by atoms with Crippen LogP contribution in [0.2, 0.25) is 0 Å². The average Bonchev–Trinajstić information content (AvgIpc) is 3.25. The standard InChI is InChI=1S/C18H18N2O2S/c1-14(15-6-3-2-4-7-15)19-18-20(11-13-23-18)17(21)10-9-16-8-5-12-22-16/h2-10,12,14H,11,13H2,1H3/b10-9+,19-18?/t14-/m0/s1. The molecule has 2 heterocycles. The quantitative estimate of drug-likeness (QED) is 0.798. The van der Waals surface area contributed by atoms with Crippen molar-refractivity contribution in [2.75, 3.05) is 12.3 Å². The molecule has 1 aromatic heterocycles. The van der Waals surface area contributed by atoms with E-state index in [2.05, 4.69) is 12.1 Å². The molecule has 0 unspecified atom stereocenters. The monoisotopic (exact) mass is 326 g/mol. The number of amides is 1. The van der Waals surface area contributed by atoms with Crippen molar-refractivity contribution in [3.05, 3.63) is 66.1 Å². The maximum Gasteiger partial charge on any atom is 0.252 e. The fourth-order valence-electron chi connectivity index (χ4n) is 2.31. The molecule has 5 heteroatoms. The van der Waals surface area contributed by atoms with Crippen molar-refractivity contribution < 1.29 is 9.21 Å². The zero-order valence-corrected chi connectivity index (χ0v) is 13.7. The van der Waals surface area contributed by atoms with Crippen molar-refractivity contribution in [3.63, 3.8) is 0 Å². The number of aliphatic imine (C=N–C) groups is 1. The van der Waals surface area contributed by atoms with Crippen molar-refractivity contribution in [1.29, 1.82) is 0 Å². The van der Waals surface area contributed by atoms with Crippen molar-refractivity contribution >= 4 is 28.9 Å². The van der Waals surface area contributed by atoms with Crippen LogP contribution < -0.4 is 0 Å². The largest absolute Gasteiger partial charge is 0.465 e. The van der Waals surface area contributed by atoms with Crippen LogP contribution in [-0.2, 0) is 4.79 Å². The Balaban J connectivity index is 1.72. The Morgan fingerprint density at radius 1 is 1.30 bits per heavy atom. The molecule has 0 aliphatic carbocycles. The van der Waals surface area contributed by atoms with Gasteiger partial charge in [0.15, 0.2) is 5.17 Å². The maximum absolute atomic E-state index is 12.4. The number of carbonyl (C=O) groups is 1. The Morgan fingerprint density at radius 3 is 2.87 bits per heavy atom. The number of benzene rings is 1. The molecule has 23 heavy (non-hydrogen) atoms. The third kappa shape index (κ3) is 3.93. The van der Waals surface area contributed by atoms with Gasteiger partial charge < -0.3 is 4.42 Å². The van der Waals surface area contributed by atoms with Gasteiger partial charge in [0, 0.05) is 18.4 Å². The smallest absolute Gasteiger partial charge is 0.252 e. The van der Waals surface area contributed by atoms with Gasteiger partial charge in [-0.05, 0) is 30.7 Å². The minimum absolute atomic E-state index is 0.0288. The maximum atomic E-state index is 12.4. The zero-order chi connectivity index (χ0) is 16.1. The number of thioether (sulfide) groups is 1. The Labute approximate surface area is 139 Å². The van der Waals surface area contributed by atoms with Crippen LogP contribution in [0.4, 0.5) is 0 Å². The molecule has 1 aliphatic heterocycles. The van der Waals surface area contributed by atoms with Gasteiger partial charge in [0.25, 0.3) is 5.91 Å². The predicted molar refractivity (Wildman–Crippen MR) is 94.2 cm³/mol. The van der Waals surface area contributed by atoms with E-state index in [1.165, 1.54) is 6.08 Å². The summed E-state index contributed by atoms with van der Waals surface area (Å²) >= 11 is 1.62. The van der Waals surface area contributed by atoms with E-state index in [4.69, 9.17) is 9.41 Å². The molecule has 1 aromatic carbocycles. The van der Waals surface area contributed by atoms with E-state index < -0.39 is 0 Å². The van der Waals surface area contributed by atoms with E-state index in [1.54, 1.807) is 35.1 Å². The van der Waals surface area contributed by atoms with Gasteiger partial charge in [0.2, 0.25) is 0 Å². The van der Waals surface area contributed by atoms with Gasteiger partial charge in [-0.15, -0.1) is 0 Å². The van der Waals surface area contributed by atoms with E-state index in [0.29, 0.717) is 12.3 Å². The third-order valence-electron chi connectivity index (χ3n) is 3.56. The highest BCUT2D eigenvalue weighted by atomic mass is 32.2. The van der Waals surface area contributed by atoms with Crippen molar-refractivity contribution in [2.24, 2.45) is 4.99 Å². The number of hydrogen-bond acceptors (Lipinski definition) is 4. The van der Waals surface area contributed by atoms with Crippen molar-refractivity contribution in [3.8, 4) is 0 Å². The van der Waals surface area contributed by atoms with Crippen LogP contribution in [0.15, 0.2) is 64.2 Å². The molecule has 4 nitrogen and oxygen atoms in total. The van der Waals surface area contributed by atoms with E-state index >= 15 is 0 Å². The summed E-state index contributed by atoms with van der Waals surface area (Å²) in [6.45, 7) is 2.73. The first kappa shape index (κ1) is 15.6. The summed E-state index contributed by atoms with van der Waals surface area (Å²) in [5, 5.41) is 0.787. The van der Waals surface area contributed by atoms with Gasteiger partial charge in [-0.25, -0.2) is 0 Å². The van der Waals surface area contributed by atoms with Gasteiger partial charge in [0.05, 0.1) is 12.3 Å². The fourth-order valence-corrected chi connectivity index (χ4v) is 3.34. The van der Waals surface area contributed by atoms with Gasteiger partial charge in [0.1, 0.15) is 5.76 Å². The van der Waals surface area contributed by atoms with Crippen molar-refractivity contribution in [2.45, 2.75) is 13.0 Å². The highest BCUT2D eigenvalue weighted by molar-refractivity contribution is 8.14. The average molecular weight is 326 g/mol.